The van der Waals surface area contributed by atoms with Crippen LogP contribution in [0.15, 0.2) is 18.5 Å². The molecule has 1 aromatic rings. The second-order valence-corrected chi connectivity index (χ2v) is 3.13. The molecule has 0 fully saturated rings. The molecule has 0 radical (unpaired) electrons. The topological polar surface area (TPSA) is 40.6 Å². The van der Waals surface area contributed by atoms with E-state index in [2.05, 4.69) is 4.98 Å². The first-order valence-electron chi connectivity index (χ1n) is 5.62. The summed E-state index contributed by atoms with van der Waals surface area (Å²) in [5, 5.41) is 0. The van der Waals surface area contributed by atoms with Crippen molar-refractivity contribution in [1.29, 1.82) is 0 Å². The molecule has 0 aromatic carbocycles. The van der Waals surface area contributed by atoms with Gasteiger partial charge in [0, 0.05) is 24.9 Å². The average molecular weight is 223 g/mol. The van der Waals surface area contributed by atoms with E-state index in [0.717, 1.165) is 11.2 Å². The van der Waals surface area contributed by atoms with E-state index in [1.807, 2.05) is 26.8 Å². The Kier molecular flexibility index (Phi) is 5.89. The molecule has 0 atom stereocenters. The molecule has 0 amide bonds. The number of nitrogens with zero attached hydrogens (tertiary/aromatic N) is 1. The fourth-order valence-electron chi connectivity index (χ4n) is 1.35. The molecule has 5 heteroatoms. The largest absolute Gasteiger partial charge is 0.495 e. The Hall–Kier alpha value is -1.07. The molecule has 16 heavy (non-hydrogen) atoms. The Balaban J connectivity index is 2.77. The summed E-state index contributed by atoms with van der Waals surface area (Å²) in [6, 6.07) is 1.90. The zero-order valence-corrected chi connectivity index (χ0v) is 10.1. The van der Waals surface area contributed by atoms with Gasteiger partial charge in [-0.25, -0.2) is 0 Å². The molecule has 0 spiro atoms. The molecule has 0 unspecified atom stereocenters. The van der Waals surface area contributed by atoms with Crippen molar-refractivity contribution in [2.75, 3.05) is 19.8 Å². The van der Waals surface area contributed by atoms with Crippen LogP contribution in [-0.4, -0.2) is 31.9 Å². The summed E-state index contributed by atoms with van der Waals surface area (Å²) < 4.78 is 16.3. The molecule has 0 saturated carbocycles. The van der Waals surface area contributed by atoms with E-state index < -0.39 is 0 Å². The Morgan fingerprint density at radius 1 is 1.06 bits per heavy atom. The standard InChI is InChI=1S/C11H18BNO3/c1-4-14-11-7-10(8-13-9-11)12(15-5-2)16-6-3/h7-9H,4-6H2,1-3H3. The van der Waals surface area contributed by atoms with Crippen LogP contribution >= 0.6 is 0 Å². The first-order chi connectivity index (χ1) is 7.81. The number of ether oxygens (including phenoxy) is 1. The molecule has 1 rings (SSSR count). The van der Waals surface area contributed by atoms with Gasteiger partial charge in [-0.3, -0.25) is 4.98 Å². The van der Waals surface area contributed by atoms with Gasteiger partial charge in [-0.15, -0.1) is 0 Å². The number of aromatic nitrogens is 1. The maximum absolute atomic E-state index is 5.48. The van der Waals surface area contributed by atoms with Crippen molar-refractivity contribution in [2.24, 2.45) is 0 Å². The summed E-state index contributed by atoms with van der Waals surface area (Å²) in [5.41, 5.74) is 0.884. The van der Waals surface area contributed by atoms with Crippen LogP contribution in [0, 0.1) is 0 Å². The van der Waals surface area contributed by atoms with Crippen molar-refractivity contribution in [1.82, 2.24) is 4.98 Å². The van der Waals surface area contributed by atoms with E-state index in [4.69, 9.17) is 14.0 Å². The quantitative estimate of drug-likeness (QED) is 0.652. The van der Waals surface area contributed by atoms with Crippen LogP contribution in [-0.2, 0) is 9.31 Å². The van der Waals surface area contributed by atoms with Crippen molar-refractivity contribution in [3.63, 3.8) is 0 Å². The summed E-state index contributed by atoms with van der Waals surface area (Å²) in [4.78, 5) is 4.10. The molecule has 88 valence electrons. The van der Waals surface area contributed by atoms with Gasteiger partial charge in [0.25, 0.3) is 0 Å². The molecule has 0 saturated heterocycles. The van der Waals surface area contributed by atoms with Gasteiger partial charge in [0.1, 0.15) is 5.75 Å². The summed E-state index contributed by atoms with van der Waals surface area (Å²) in [7, 11) is -0.358. The highest BCUT2D eigenvalue weighted by atomic mass is 16.6. The van der Waals surface area contributed by atoms with Gasteiger partial charge in [0.2, 0.25) is 0 Å². The van der Waals surface area contributed by atoms with E-state index in [-0.39, 0.29) is 7.12 Å². The molecule has 0 aliphatic rings. The summed E-state index contributed by atoms with van der Waals surface area (Å²) >= 11 is 0. The van der Waals surface area contributed by atoms with Crippen molar-refractivity contribution in [3.8, 4) is 5.75 Å². The Bertz CT molecular complexity index is 303. The molecular formula is C11H18BNO3. The van der Waals surface area contributed by atoms with E-state index in [0.29, 0.717) is 19.8 Å². The predicted molar refractivity (Wildman–Crippen MR) is 64.0 cm³/mol. The van der Waals surface area contributed by atoms with Gasteiger partial charge >= 0.3 is 7.12 Å². The SMILES string of the molecule is CCOB(OCC)c1cncc(OCC)c1. The van der Waals surface area contributed by atoms with Gasteiger partial charge in [-0.2, -0.15) is 0 Å². The highest BCUT2D eigenvalue weighted by molar-refractivity contribution is 6.61. The second-order valence-electron chi connectivity index (χ2n) is 3.13. The number of hydrogen-bond acceptors (Lipinski definition) is 4. The van der Waals surface area contributed by atoms with Crippen molar-refractivity contribution in [2.45, 2.75) is 20.8 Å². The van der Waals surface area contributed by atoms with Crippen molar-refractivity contribution < 1.29 is 14.0 Å². The molecule has 1 aromatic heterocycles. The average Bonchev–Trinajstić information content (AvgIpc) is 2.30. The third kappa shape index (κ3) is 3.83. The van der Waals surface area contributed by atoms with Crippen LogP contribution in [0.1, 0.15) is 20.8 Å². The maximum atomic E-state index is 5.48. The lowest BCUT2D eigenvalue weighted by atomic mass is 9.80. The minimum absolute atomic E-state index is 0.358. The lowest BCUT2D eigenvalue weighted by Gasteiger charge is -2.13. The second kappa shape index (κ2) is 7.25. The third-order valence-electron chi connectivity index (χ3n) is 1.95. The molecule has 0 aliphatic carbocycles. The Morgan fingerprint density at radius 3 is 2.31 bits per heavy atom. The fourth-order valence-corrected chi connectivity index (χ4v) is 1.35. The van der Waals surface area contributed by atoms with E-state index in [9.17, 15) is 0 Å². The van der Waals surface area contributed by atoms with Crippen LogP contribution in [0.4, 0.5) is 0 Å². The normalized spacial score (nSPS) is 10.2. The van der Waals surface area contributed by atoms with Gasteiger partial charge in [-0.1, -0.05) is 0 Å². The summed E-state index contributed by atoms with van der Waals surface area (Å²) in [6.07, 6.45) is 3.42. The fraction of sp³-hybridized carbons (Fsp3) is 0.545. The number of pyridine rings is 1. The zero-order chi connectivity index (χ0) is 11.8. The van der Waals surface area contributed by atoms with Crippen LogP contribution < -0.4 is 10.2 Å². The lowest BCUT2D eigenvalue weighted by Crippen LogP contribution is -2.37. The minimum Gasteiger partial charge on any atom is -0.492 e. The van der Waals surface area contributed by atoms with Crippen LogP contribution in [0.25, 0.3) is 0 Å². The Labute approximate surface area is 97.1 Å². The molecule has 4 nitrogen and oxygen atoms in total. The van der Waals surface area contributed by atoms with Gasteiger partial charge in [0.15, 0.2) is 0 Å². The minimum atomic E-state index is -0.358. The van der Waals surface area contributed by atoms with Crippen molar-refractivity contribution in [3.05, 3.63) is 18.5 Å². The van der Waals surface area contributed by atoms with Crippen LogP contribution in [0.3, 0.4) is 0 Å². The highest BCUT2D eigenvalue weighted by Crippen LogP contribution is 2.06. The van der Waals surface area contributed by atoms with Gasteiger partial charge < -0.3 is 14.0 Å². The van der Waals surface area contributed by atoms with Crippen LogP contribution in [0.2, 0.25) is 0 Å². The smallest absolute Gasteiger partial charge is 0.492 e. The predicted octanol–water partition coefficient (Wildman–Crippen LogP) is 1.25. The zero-order valence-electron chi connectivity index (χ0n) is 10.1. The molecule has 0 N–H and O–H groups in total. The molecule has 1 heterocycles. The monoisotopic (exact) mass is 223 g/mol. The Morgan fingerprint density at radius 2 is 1.75 bits per heavy atom. The summed E-state index contributed by atoms with van der Waals surface area (Å²) in [6.45, 7) is 7.64. The number of hydrogen-bond donors (Lipinski definition) is 0. The van der Waals surface area contributed by atoms with Gasteiger partial charge in [-0.05, 0) is 26.8 Å². The van der Waals surface area contributed by atoms with Crippen LogP contribution in [0.5, 0.6) is 5.75 Å². The van der Waals surface area contributed by atoms with E-state index in [1.54, 1.807) is 12.4 Å². The lowest BCUT2D eigenvalue weighted by molar-refractivity contribution is 0.225. The first kappa shape index (κ1) is 13.0. The van der Waals surface area contributed by atoms with Crippen molar-refractivity contribution >= 4 is 12.6 Å². The number of rotatable bonds is 7. The van der Waals surface area contributed by atoms with E-state index in [1.165, 1.54) is 0 Å². The molecular weight excluding hydrogens is 205 g/mol. The summed E-state index contributed by atoms with van der Waals surface area (Å²) in [5.74, 6) is 0.740. The molecule has 0 bridgehead atoms. The van der Waals surface area contributed by atoms with E-state index >= 15 is 0 Å². The third-order valence-corrected chi connectivity index (χ3v) is 1.95. The van der Waals surface area contributed by atoms with Gasteiger partial charge in [0.05, 0.1) is 12.8 Å². The maximum Gasteiger partial charge on any atom is 0.495 e. The molecule has 0 aliphatic heterocycles. The highest BCUT2D eigenvalue weighted by Gasteiger charge is 2.20. The first-order valence-corrected chi connectivity index (χ1v) is 5.62.